The summed E-state index contributed by atoms with van der Waals surface area (Å²) in [4.78, 5) is 24.2. The molecule has 3 heterocycles. The summed E-state index contributed by atoms with van der Waals surface area (Å²) in [6, 6.07) is 16.9. The Morgan fingerprint density at radius 3 is 2.68 bits per heavy atom. The number of aryl methyl sites for hydroxylation is 1. The smallest absolute Gasteiger partial charge is 0.227 e. The number of nitrogens with zero attached hydrogens (tertiary/aromatic N) is 5. The van der Waals surface area contributed by atoms with Gasteiger partial charge in [0.25, 0.3) is 0 Å². The first-order valence-corrected chi connectivity index (χ1v) is 11.4. The highest BCUT2D eigenvalue weighted by atomic mass is 16.3. The lowest BCUT2D eigenvalue weighted by Gasteiger charge is -2.32. The average Bonchev–Trinajstić information content (AvgIpc) is 3.39. The summed E-state index contributed by atoms with van der Waals surface area (Å²) < 4.78 is 1.81. The van der Waals surface area contributed by atoms with E-state index in [-0.39, 0.29) is 17.6 Å². The molecule has 2 aromatic carbocycles. The van der Waals surface area contributed by atoms with Gasteiger partial charge >= 0.3 is 0 Å². The average molecular weight is 455 g/mol. The van der Waals surface area contributed by atoms with Crippen LogP contribution in [-0.2, 0) is 4.79 Å². The summed E-state index contributed by atoms with van der Waals surface area (Å²) >= 11 is 0. The fourth-order valence-electron chi connectivity index (χ4n) is 4.32. The van der Waals surface area contributed by atoms with Crippen LogP contribution in [0.5, 0.6) is 5.75 Å². The SMILES string of the molecule is Cc1cc(O)cc(NC(=O)C2CCN(c3ccnc(-c4cccc(-n5cccn5)c4)n3)CC2)c1. The van der Waals surface area contributed by atoms with Crippen molar-refractivity contribution in [1.29, 1.82) is 0 Å². The Hall–Kier alpha value is -4.20. The van der Waals surface area contributed by atoms with Crippen molar-refractivity contribution in [1.82, 2.24) is 19.7 Å². The molecule has 0 saturated carbocycles. The largest absolute Gasteiger partial charge is 0.508 e. The molecule has 0 radical (unpaired) electrons. The maximum absolute atomic E-state index is 12.8. The summed E-state index contributed by atoms with van der Waals surface area (Å²) in [5.41, 5.74) is 3.40. The number of hydrogen-bond acceptors (Lipinski definition) is 6. The number of benzene rings is 2. The Labute approximate surface area is 197 Å². The molecule has 8 nitrogen and oxygen atoms in total. The van der Waals surface area contributed by atoms with Gasteiger partial charge in [0.2, 0.25) is 5.91 Å². The van der Waals surface area contributed by atoms with Gasteiger partial charge in [0, 0.05) is 54.9 Å². The van der Waals surface area contributed by atoms with Crippen molar-refractivity contribution >= 4 is 17.4 Å². The molecule has 0 aliphatic carbocycles. The first kappa shape index (κ1) is 21.6. The summed E-state index contributed by atoms with van der Waals surface area (Å²) in [6.45, 7) is 3.36. The Morgan fingerprint density at radius 1 is 1.06 bits per heavy atom. The van der Waals surface area contributed by atoms with E-state index < -0.39 is 0 Å². The van der Waals surface area contributed by atoms with Crippen molar-refractivity contribution in [3.8, 4) is 22.8 Å². The topological polar surface area (TPSA) is 96.2 Å². The van der Waals surface area contributed by atoms with Crippen molar-refractivity contribution in [3.05, 3.63) is 78.8 Å². The summed E-state index contributed by atoms with van der Waals surface area (Å²) in [6.07, 6.45) is 6.90. The van der Waals surface area contributed by atoms with Crippen LogP contribution in [0.1, 0.15) is 18.4 Å². The normalized spacial score (nSPS) is 14.2. The molecule has 1 aliphatic heterocycles. The molecule has 4 aromatic rings. The van der Waals surface area contributed by atoms with Gasteiger partial charge < -0.3 is 15.3 Å². The number of carbonyl (C=O) groups excluding carboxylic acids is 1. The van der Waals surface area contributed by atoms with Gasteiger partial charge in [-0.15, -0.1) is 0 Å². The molecule has 8 heteroatoms. The van der Waals surface area contributed by atoms with Gasteiger partial charge in [0.1, 0.15) is 11.6 Å². The molecule has 2 N–H and O–H groups in total. The monoisotopic (exact) mass is 454 g/mol. The van der Waals surface area contributed by atoms with Gasteiger partial charge in [-0.25, -0.2) is 14.6 Å². The zero-order chi connectivity index (χ0) is 23.5. The van der Waals surface area contributed by atoms with Crippen LogP contribution in [0.2, 0.25) is 0 Å². The van der Waals surface area contributed by atoms with Gasteiger partial charge in [0.15, 0.2) is 5.82 Å². The highest BCUT2D eigenvalue weighted by Gasteiger charge is 2.26. The molecule has 1 amide bonds. The standard InChI is InChI=1S/C26H26N6O2/c1-18-14-21(17-23(33)15-18)29-26(34)19-7-12-31(13-8-19)24-6-10-27-25(30-24)20-4-2-5-22(16-20)32-11-3-9-28-32/h2-6,9-11,14-17,19,33H,7-8,12-13H2,1H3,(H,29,34). The first-order chi connectivity index (χ1) is 16.5. The number of aromatic nitrogens is 4. The quantitative estimate of drug-likeness (QED) is 0.469. The van der Waals surface area contributed by atoms with Crippen molar-refractivity contribution in [2.24, 2.45) is 5.92 Å². The van der Waals surface area contributed by atoms with E-state index >= 15 is 0 Å². The van der Waals surface area contributed by atoms with Crippen LogP contribution in [0.4, 0.5) is 11.5 Å². The molecule has 34 heavy (non-hydrogen) atoms. The lowest BCUT2D eigenvalue weighted by atomic mass is 9.95. The third-order valence-corrected chi connectivity index (χ3v) is 6.03. The Kier molecular flexibility index (Phi) is 5.95. The van der Waals surface area contributed by atoms with E-state index in [1.807, 2.05) is 55.6 Å². The number of anilines is 2. The second-order valence-corrected chi connectivity index (χ2v) is 8.55. The molecular formula is C26H26N6O2. The van der Waals surface area contributed by atoms with E-state index in [0.29, 0.717) is 11.5 Å². The number of nitrogens with one attached hydrogen (secondary N) is 1. The second kappa shape index (κ2) is 9.35. The van der Waals surface area contributed by atoms with Gasteiger partial charge in [-0.05, 0) is 61.7 Å². The summed E-state index contributed by atoms with van der Waals surface area (Å²) in [5, 5.41) is 17.0. The van der Waals surface area contributed by atoms with Gasteiger partial charge in [-0.1, -0.05) is 12.1 Å². The van der Waals surface area contributed by atoms with Gasteiger partial charge in [-0.2, -0.15) is 5.10 Å². The molecule has 0 atom stereocenters. The van der Waals surface area contributed by atoms with E-state index in [2.05, 4.69) is 20.3 Å². The maximum atomic E-state index is 12.8. The van der Waals surface area contributed by atoms with Crippen LogP contribution >= 0.6 is 0 Å². The second-order valence-electron chi connectivity index (χ2n) is 8.55. The summed E-state index contributed by atoms with van der Waals surface area (Å²) in [7, 11) is 0. The number of piperidine rings is 1. The predicted molar refractivity (Wildman–Crippen MR) is 131 cm³/mol. The minimum atomic E-state index is -0.0778. The molecule has 0 unspecified atom stereocenters. The third-order valence-electron chi connectivity index (χ3n) is 6.03. The number of amides is 1. The maximum Gasteiger partial charge on any atom is 0.227 e. The molecule has 1 saturated heterocycles. The number of phenols is 1. The Bertz CT molecular complexity index is 1280. The number of carbonyl (C=O) groups is 1. The number of phenolic OH excluding ortho intramolecular Hbond substituents is 1. The third kappa shape index (κ3) is 4.76. The van der Waals surface area contributed by atoms with Gasteiger partial charge in [0.05, 0.1) is 5.69 Å². The van der Waals surface area contributed by atoms with Crippen LogP contribution in [-0.4, -0.2) is 43.9 Å². The number of rotatable bonds is 5. The zero-order valence-corrected chi connectivity index (χ0v) is 18.9. The van der Waals surface area contributed by atoms with Crippen molar-refractivity contribution in [2.45, 2.75) is 19.8 Å². The van der Waals surface area contributed by atoms with E-state index in [4.69, 9.17) is 4.98 Å². The molecule has 2 aromatic heterocycles. The molecule has 172 valence electrons. The predicted octanol–water partition coefficient (Wildman–Crippen LogP) is 4.20. The van der Waals surface area contributed by atoms with E-state index in [0.717, 1.165) is 48.6 Å². The number of aromatic hydroxyl groups is 1. The van der Waals surface area contributed by atoms with Crippen LogP contribution in [0.25, 0.3) is 17.1 Å². The molecule has 0 bridgehead atoms. The highest BCUT2D eigenvalue weighted by molar-refractivity contribution is 5.93. The minimum absolute atomic E-state index is 0.0107. The van der Waals surface area contributed by atoms with Crippen molar-refractivity contribution in [2.75, 3.05) is 23.3 Å². The number of hydrogen-bond donors (Lipinski definition) is 2. The summed E-state index contributed by atoms with van der Waals surface area (Å²) in [5.74, 6) is 1.58. The first-order valence-electron chi connectivity index (χ1n) is 11.4. The fraction of sp³-hybridized carbons (Fsp3) is 0.231. The highest BCUT2D eigenvalue weighted by Crippen LogP contribution is 2.26. The Balaban J connectivity index is 1.25. The van der Waals surface area contributed by atoms with Crippen LogP contribution in [0, 0.1) is 12.8 Å². The van der Waals surface area contributed by atoms with Crippen LogP contribution < -0.4 is 10.2 Å². The van der Waals surface area contributed by atoms with Crippen molar-refractivity contribution < 1.29 is 9.90 Å². The Morgan fingerprint density at radius 2 is 1.91 bits per heavy atom. The van der Waals surface area contributed by atoms with Crippen LogP contribution in [0.3, 0.4) is 0 Å². The van der Waals surface area contributed by atoms with E-state index in [1.54, 1.807) is 29.2 Å². The fourth-order valence-corrected chi connectivity index (χ4v) is 4.32. The molecule has 5 rings (SSSR count). The lowest BCUT2D eigenvalue weighted by Crippen LogP contribution is -2.38. The van der Waals surface area contributed by atoms with Crippen LogP contribution in [0.15, 0.2) is 73.2 Å². The minimum Gasteiger partial charge on any atom is -0.508 e. The lowest BCUT2D eigenvalue weighted by molar-refractivity contribution is -0.120. The molecular weight excluding hydrogens is 428 g/mol. The molecule has 0 spiro atoms. The molecule has 1 fully saturated rings. The van der Waals surface area contributed by atoms with Crippen molar-refractivity contribution in [3.63, 3.8) is 0 Å². The van der Waals surface area contributed by atoms with Gasteiger partial charge in [-0.3, -0.25) is 4.79 Å². The zero-order valence-electron chi connectivity index (χ0n) is 18.9. The van der Waals surface area contributed by atoms with E-state index in [1.165, 1.54) is 0 Å². The molecule has 1 aliphatic rings. The van der Waals surface area contributed by atoms with E-state index in [9.17, 15) is 9.90 Å².